The summed E-state index contributed by atoms with van der Waals surface area (Å²) in [5.41, 5.74) is 3.36. The lowest BCUT2D eigenvalue weighted by Crippen LogP contribution is -2.47. The summed E-state index contributed by atoms with van der Waals surface area (Å²) in [5, 5.41) is 2.98. The maximum absolute atomic E-state index is 12.1. The molecule has 1 saturated heterocycles. The molecule has 1 aliphatic heterocycles. The van der Waals surface area contributed by atoms with Gasteiger partial charge in [0, 0.05) is 50.1 Å². The molecular weight excluding hydrogens is 362 g/mol. The number of methoxy groups -OCH3 is 1. The van der Waals surface area contributed by atoms with Crippen molar-refractivity contribution in [3.05, 3.63) is 65.7 Å². The largest absolute Gasteiger partial charge is 0.496 e. The topological polar surface area (TPSA) is 44.8 Å². The van der Waals surface area contributed by atoms with E-state index >= 15 is 0 Å². The molecule has 0 unspecified atom stereocenters. The van der Waals surface area contributed by atoms with Crippen LogP contribution in [-0.2, 0) is 4.79 Å². The van der Waals surface area contributed by atoms with Gasteiger partial charge in [0.05, 0.1) is 7.11 Å². The number of hydrogen-bond donors (Lipinski definition) is 1. The van der Waals surface area contributed by atoms with Crippen LogP contribution >= 0.6 is 0 Å². The Morgan fingerprint density at radius 3 is 2.59 bits per heavy atom. The van der Waals surface area contributed by atoms with Gasteiger partial charge in [0.1, 0.15) is 5.75 Å². The molecule has 5 heteroatoms. The Labute approximate surface area is 174 Å². The van der Waals surface area contributed by atoms with E-state index in [0.717, 1.165) is 56.0 Å². The molecule has 5 nitrogen and oxygen atoms in total. The maximum atomic E-state index is 12.1. The van der Waals surface area contributed by atoms with Crippen molar-refractivity contribution in [3.8, 4) is 5.75 Å². The molecule has 0 bridgehead atoms. The zero-order chi connectivity index (χ0) is 20.5. The summed E-state index contributed by atoms with van der Waals surface area (Å²) in [6, 6.07) is 16.5. The van der Waals surface area contributed by atoms with Crippen LogP contribution in [0.15, 0.2) is 54.6 Å². The van der Waals surface area contributed by atoms with Gasteiger partial charge in [-0.15, -0.1) is 0 Å². The van der Waals surface area contributed by atoms with Crippen molar-refractivity contribution in [1.29, 1.82) is 0 Å². The Kier molecular flexibility index (Phi) is 7.70. The van der Waals surface area contributed by atoms with E-state index in [1.165, 1.54) is 5.69 Å². The van der Waals surface area contributed by atoms with Gasteiger partial charge in [0.15, 0.2) is 0 Å². The van der Waals surface area contributed by atoms with Crippen LogP contribution < -0.4 is 15.0 Å². The first-order valence-corrected chi connectivity index (χ1v) is 10.3. The minimum atomic E-state index is -0.0672. The highest BCUT2D eigenvalue weighted by molar-refractivity contribution is 5.92. The number of nitrogens with one attached hydrogen (secondary N) is 1. The predicted molar refractivity (Wildman–Crippen MR) is 119 cm³/mol. The summed E-state index contributed by atoms with van der Waals surface area (Å²) in [4.78, 5) is 17.0. The number of para-hydroxylation sites is 1. The maximum Gasteiger partial charge on any atom is 0.244 e. The van der Waals surface area contributed by atoms with Crippen molar-refractivity contribution in [3.63, 3.8) is 0 Å². The van der Waals surface area contributed by atoms with E-state index in [1.807, 2.05) is 31.2 Å². The molecule has 1 heterocycles. The number of amides is 1. The van der Waals surface area contributed by atoms with Gasteiger partial charge in [0.2, 0.25) is 5.91 Å². The molecule has 1 amide bonds. The van der Waals surface area contributed by atoms with Crippen LogP contribution in [0.4, 0.5) is 5.69 Å². The second-order valence-corrected chi connectivity index (χ2v) is 7.39. The predicted octanol–water partition coefficient (Wildman–Crippen LogP) is 3.35. The van der Waals surface area contributed by atoms with Crippen LogP contribution in [0.5, 0.6) is 5.75 Å². The van der Waals surface area contributed by atoms with E-state index in [-0.39, 0.29) is 5.91 Å². The van der Waals surface area contributed by atoms with Crippen molar-refractivity contribution in [2.45, 2.75) is 13.3 Å². The summed E-state index contributed by atoms with van der Waals surface area (Å²) in [6.45, 7) is 7.96. The standard InChI is InChI=1S/C24H31N3O2/c1-20-9-11-23(29-2)21(19-20)10-12-24(28)25-13-6-14-26-15-17-27(18-16-26)22-7-4-3-5-8-22/h3-5,7-12,19H,6,13-18H2,1-2H3,(H,25,28)/b12-10+. The van der Waals surface area contributed by atoms with Gasteiger partial charge in [0.25, 0.3) is 0 Å². The van der Waals surface area contributed by atoms with Crippen LogP contribution in [0.25, 0.3) is 6.08 Å². The third kappa shape index (κ3) is 6.36. The Morgan fingerprint density at radius 2 is 1.86 bits per heavy atom. The van der Waals surface area contributed by atoms with E-state index in [4.69, 9.17) is 4.74 Å². The summed E-state index contributed by atoms with van der Waals surface area (Å²) in [6.07, 6.45) is 4.35. The molecule has 0 saturated carbocycles. The molecule has 154 valence electrons. The molecule has 1 fully saturated rings. The first-order valence-electron chi connectivity index (χ1n) is 10.3. The van der Waals surface area contributed by atoms with Crippen LogP contribution in [0, 0.1) is 6.92 Å². The van der Waals surface area contributed by atoms with Crippen LogP contribution in [-0.4, -0.2) is 57.2 Å². The normalized spacial score (nSPS) is 14.9. The summed E-state index contributed by atoms with van der Waals surface area (Å²) >= 11 is 0. The fourth-order valence-electron chi connectivity index (χ4n) is 3.59. The highest BCUT2D eigenvalue weighted by atomic mass is 16.5. The van der Waals surface area contributed by atoms with Crippen LogP contribution in [0.1, 0.15) is 17.5 Å². The van der Waals surface area contributed by atoms with Gasteiger partial charge < -0.3 is 15.0 Å². The number of carbonyl (C=O) groups excluding carboxylic acids is 1. The fraction of sp³-hybridized carbons (Fsp3) is 0.375. The highest BCUT2D eigenvalue weighted by Gasteiger charge is 2.16. The fourth-order valence-corrected chi connectivity index (χ4v) is 3.59. The molecule has 1 aliphatic rings. The SMILES string of the molecule is COc1ccc(C)cc1/C=C/C(=O)NCCCN1CCN(c2ccccc2)CC1. The monoisotopic (exact) mass is 393 g/mol. The molecule has 0 aromatic heterocycles. The number of anilines is 1. The lowest BCUT2D eigenvalue weighted by molar-refractivity contribution is -0.116. The third-order valence-corrected chi connectivity index (χ3v) is 5.24. The molecule has 0 radical (unpaired) electrons. The lowest BCUT2D eigenvalue weighted by atomic mass is 10.1. The first-order chi connectivity index (χ1) is 14.2. The summed E-state index contributed by atoms with van der Waals surface area (Å²) in [5.74, 6) is 0.705. The molecule has 0 atom stereocenters. The summed E-state index contributed by atoms with van der Waals surface area (Å²) in [7, 11) is 1.64. The second kappa shape index (κ2) is 10.7. The summed E-state index contributed by atoms with van der Waals surface area (Å²) < 4.78 is 5.34. The zero-order valence-corrected chi connectivity index (χ0v) is 17.4. The van der Waals surface area contributed by atoms with Gasteiger partial charge >= 0.3 is 0 Å². The zero-order valence-electron chi connectivity index (χ0n) is 17.4. The average molecular weight is 394 g/mol. The molecule has 1 N–H and O–H groups in total. The molecule has 3 rings (SSSR count). The number of rotatable bonds is 8. The second-order valence-electron chi connectivity index (χ2n) is 7.39. The Balaban J connectivity index is 1.35. The van der Waals surface area contributed by atoms with Gasteiger partial charge in [-0.25, -0.2) is 0 Å². The van der Waals surface area contributed by atoms with Gasteiger partial charge in [-0.2, -0.15) is 0 Å². The van der Waals surface area contributed by atoms with Gasteiger partial charge in [-0.05, 0) is 50.2 Å². The molecule has 0 aliphatic carbocycles. The van der Waals surface area contributed by atoms with Crippen LogP contribution in [0.2, 0.25) is 0 Å². The van der Waals surface area contributed by atoms with E-state index < -0.39 is 0 Å². The Hall–Kier alpha value is -2.79. The number of hydrogen-bond acceptors (Lipinski definition) is 4. The lowest BCUT2D eigenvalue weighted by Gasteiger charge is -2.36. The van der Waals surface area contributed by atoms with Crippen LogP contribution in [0.3, 0.4) is 0 Å². The van der Waals surface area contributed by atoms with Crippen molar-refractivity contribution in [2.75, 3.05) is 51.3 Å². The van der Waals surface area contributed by atoms with E-state index in [0.29, 0.717) is 6.54 Å². The van der Waals surface area contributed by atoms with Crippen molar-refractivity contribution >= 4 is 17.7 Å². The number of piperazine rings is 1. The number of ether oxygens (including phenoxy) is 1. The Morgan fingerprint density at radius 1 is 1.10 bits per heavy atom. The number of benzene rings is 2. The van der Waals surface area contributed by atoms with Gasteiger partial charge in [-0.3, -0.25) is 9.69 Å². The molecule has 29 heavy (non-hydrogen) atoms. The quantitative estimate of drug-likeness (QED) is 0.552. The van der Waals surface area contributed by atoms with E-state index in [2.05, 4.69) is 45.4 Å². The van der Waals surface area contributed by atoms with Crippen molar-refractivity contribution < 1.29 is 9.53 Å². The van der Waals surface area contributed by atoms with E-state index in [1.54, 1.807) is 13.2 Å². The smallest absolute Gasteiger partial charge is 0.244 e. The third-order valence-electron chi connectivity index (χ3n) is 5.24. The average Bonchev–Trinajstić information content (AvgIpc) is 2.76. The molecular formula is C24H31N3O2. The number of nitrogens with zero attached hydrogens (tertiary/aromatic N) is 2. The molecule has 0 spiro atoms. The molecule has 2 aromatic carbocycles. The first kappa shape index (κ1) is 20.9. The van der Waals surface area contributed by atoms with Crippen molar-refractivity contribution in [1.82, 2.24) is 10.2 Å². The minimum absolute atomic E-state index is 0.0672. The van der Waals surface area contributed by atoms with E-state index in [9.17, 15) is 4.79 Å². The minimum Gasteiger partial charge on any atom is -0.496 e. The van der Waals surface area contributed by atoms with Crippen molar-refractivity contribution in [2.24, 2.45) is 0 Å². The van der Waals surface area contributed by atoms with Gasteiger partial charge in [-0.1, -0.05) is 29.8 Å². The molecule has 2 aromatic rings. The highest BCUT2D eigenvalue weighted by Crippen LogP contribution is 2.21. The Bertz CT molecular complexity index is 812. The number of carbonyl (C=O) groups is 1. The number of aryl methyl sites for hydroxylation is 1.